The summed E-state index contributed by atoms with van der Waals surface area (Å²) >= 11 is 5.38. The van der Waals surface area contributed by atoms with Crippen molar-refractivity contribution in [1.82, 2.24) is 20.3 Å². The van der Waals surface area contributed by atoms with Crippen molar-refractivity contribution in [3.63, 3.8) is 0 Å². The Morgan fingerprint density at radius 3 is 2.37 bits per heavy atom. The molecule has 3 rings (SSSR count). The van der Waals surface area contributed by atoms with Gasteiger partial charge in [0.25, 0.3) is 17.4 Å². The van der Waals surface area contributed by atoms with Crippen LogP contribution in [0.5, 0.6) is 5.88 Å². The summed E-state index contributed by atoms with van der Waals surface area (Å²) in [5.74, 6) is -6.37. The zero-order chi connectivity index (χ0) is 26.0. The van der Waals surface area contributed by atoms with Crippen LogP contribution in [0.15, 0.2) is 37.1 Å². The number of anilines is 1. The number of rotatable bonds is 7. The zero-order valence-electron chi connectivity index (χ0n) is 17.9. The molecule has 190 valence electrons. The Morgan fingerprint density at radius 2 is 1.89 bits per heavy atom. The molecule has 0 unspecified atom stereocenters. The summed E-state index contributed by atoms with van der Waals surface area (Å²) in [5.41, 5.74) is -5.27. The number of ether oxygens (including phenoxy) is 1. The number of alkyl halides is 7. The molecule has 35 heavy (non-hydrogen) atoms. The van der Waals surface area contributed by atoms with E-state index in [-0.39, 0.29) is 17.7 Å². The predicted molar refractivity (Wildman–Crippen MR) is 109 cm³/mol. The van der Waals surface area contributed by atoms with Crippen LogP contribution in [0.3, 0.4) is 0 Å². The van der Waals surface area contributed by atoms with Gasteiger partial charge in [-0.15, -0.1) is 13.2 Å². The molecule has 8 nitrogen and oxygen atoms in total. The van der Waals surface area contributed by atoms with Gasteiger partial charge < -0.3 is 10.1 Å². The van der Waals surface area contributed by atoms with Gasteiger partial charge in [0.2, 0.25) is 11.8 Å². The Labute approximate surface area is 199 Å². The quantitative estimate of drug-likeness (QED) is 0.436. The minimum absolute atomic E-state index is 0.0552. The molecule has 0 bridgehead atoms. The predicted octanol–water partition coefficient (Wildman–Crippen LogP) is 3.86. The van der Waals surface area contributed by atoms with E-state index in [1.54, 1.807) is 0 Å². The number of carbonyl (C=O) groups excluding carboxylic acids is 2. The normalized spacial score (nSPS) is 19.9. The van der Waals surface area contributed by atoms with E-state index in [9.17, 15) is 35.9 Å². The van der Waals surface area contributed by atoms with Crippen molar-refractivity contribution >= 4 is 29.1 Å². The summed E-state index contributed by atoms with van der Waals surface area (Å²) in [4.78, 5) is 37.9. The van der Waals surface area contributed by atoms with Crippen molar-refractivity contribution in [3.05, 3.63) is 42.6 Å². The molecule has 0 spiro atoms. The molecular formula is C20H18ClF6N5O3. The third kappa shape index (κ3) is 6.10. The molecule has 1 N–H and O–H groups in total. The zero-order valence-corrected chi connectivity index (χ0v) is 18.7. The van der Waals surface area contributed by atoms with Crippen LogP contribution in [0.25, 0.3) is 0 Å². The van der Waals surface area contributed by atoms with E-state index in [1.165, 1.54) is 0 Å². The molecule has 3 atom stereocenters. The van der Waals surface area contributed by atoms with Crippen LogP contribution in [0.2, 0.25) is 0 Å². The SMILES string of the molecule is C[C@@](C(=O)N[C@@H]1CCC(F)(F)C1)(c1cncnc1)N(C(=O)[C@H](F)Cl)c1ccc(OC(F)(F)F)nc1. The number of nitrogens with one attached hydrogen (secondary N) is 1. The number of hydrogen-bond donors (Lipinski definition) is 1. The van der Waals surface area contributed by atoms with Crippen molar-refractivity contribution in [3.8, 4) is 5.88 Å². The molecule has 2 aromatic rings. The average Bonchev–Trinajstić information content (AvgIpc) is 3.12. The lowest BCUT2D eigenvalue weighted by Gasteiger charge is -2.40. The maximum Gasteiger partial charge on any atom is 0.574 e. The van der Waals surface area contributed by atoms with Crippen LogP contribution in [0.1, 0.15) is 31.7 Å². The minimum atomic E-state index is -5.05. The van der Waals surface area contributed by atoms with Crippen molar-refractivity contribution in [2.75, 3.05) is 4.90 Å². The molecule has 0 aromatic carbocycles. The van der Waals surface area contributed by atoms with Crippen molar-refractivity contribution in [2.45, 2.75) is 55.7 Å². The van der Waals surface area contributed by atoms with E-state index in [1.807, 2.05) is 0 Å². The molecule has 1 fully saturated rings. The third-order valence-corrected chi connectivity index (χ3v) is 5.54. The summed E-state index contributed by atoms with van der Waals surface area (Å²) in [7, 11) is 0. The second kappa shape index (κ2) is 9.84. The first kappa shape index (κ1) is 26.4. The highest BCUT2D eigenvalue weighted by atomic mass is 35.5. The van der Waals surface area contributed by atoms with Gasteiger partial charge in [-0.05, 0) is 19.4 Å². The lowest BCUT2D eigenvalue weighted by molar-refractivity contribution is -0.276. The highest BCUT2D eigenvalue weighted by Crippen LogP contribution is 2.38. The Bertz CT molecular complexity index is 1060. The fourth-order valence-corrected chi connectivity index (χ4v) is 3.80. The highest BCUT2D eigenvalue weighted by molar-refractivity contribution is 6.32. The van der Waals surface area contributed by atoms with Gasteiger partial charge in [0.15, 0.2) is 5.54 Å². The highest BCUT2D eigenvalue weighted by Gasteiger charge is 2.49. The van der Waals surface area contributed by atoms with Gasteiger partial charge >= 0.3 is 6.36 Å². The number of nitrogens with zero attached hydrogens (tertiary/aromatic N) is 4. The third-order valence-electron chi connectivity index (χ3n) is 5.36. The first-order valence-electron chi connectivity index (χ1n) is 10.0. The summed E-state index contributed by atoms with van der Waals surface area (Å²) in [6.07, 6.45) is -2.13. The molecule has 0 aliphatic heterocycles. The first-order chi connectivity index (χ1) is 16.2. The van der Waals surface area contributed by atoms with Crippen LogP contribution in [-0.2, 0) is 15.1 Å². The molecule has 0 radical (unpaired) electrons. The number of pyridine rings is 1. The van der Waals surface area contributed by atoms with Gasteiger partial charge in [-0.1, -0.05) is 11.6 Å². The van der Waals surface area contributed by atoms with Crippen molar-refractivity contribution in [2.24, 2.45) is 0 Å². The first-order valence-corrected chi connectivity index (χ1v) is 10.4. The fraction of sp³-hybridized carbons (Fsp3) is 0.450. The average molecular weight is 526 g/mol. The topological polar surface area (TPSA) is 97.3 Å². The Hall–Kier alpha value is -3.16. The molecule has 15 heteroatoms. The second-order valence-corrected chi connectivity index (χ2v) is 8.23. The molecule has 0 saturated heterocycles. The lowest BCUT2D eigenvalue weighted by Crippen LogP contribution is -2.59. The molecule has 1 aliphatic carbocycles. The molecule has 1 aliphatic rings. The molecule has 2 amide bonds. The van der Waals surface area contributed by atoms with E-state index in [2.05, 4.69) is 25.0 Å². The minimum Gasteiger partial charge on any atom is -0.388 e. The maximum absolute atomic E-state index is 14.1. The van der Waals surface area contributed by atoms with E-state index < -0.39 is 60.0 Å². The van der Waals surface area contributed by atoms with Crippen LogP contribution < -0.4 is 15.0 Å². The van der Waals surface area contributed by atoms with Gasteiger partial charge in [-0.25, -0.2) is 28.1 Å². The Morgan fingerprint density at radius 1 is 1.23 bits per heavy atom. The summed E-state index contributed by atoms with van der Waals surface area (Å²) in [6.45, 7) is 1.16. The van der Waals surface area contributed by atoms with Crippen molar-refractivity contribution in [1.29, 1.82) is 0 Å². The summed E-state index contributed by atoms with van der Waals surface area (Å²) in [6, 6.07) is 0.697. The van der Waals surface area contributed by atoms with Crippen molar-refractivity contribution < 1.29 is 40.7 Å². The van der Waals surface area contributed by atoms with Gasteiger partial charge in [-0.3, -0.25) is 14.5 Å². The second-order valence-electron chi connectivity index (χ2n) is 7.85. The number of carbonyl (C=O) groups is 2. The molecule has 2 heterocycles. The van der Waals surface area contributed by atoms with E-state index in [0.29, 0.717) is 4.90 Å². The number of hydrogen-bond acceptors (Lipinski definition) is 6. The van der Waals surface area contributed by atoms with E-state index in [4.69, 9.17) is 11.6 Å². The Kier molecular flexibility index (Phi) is 7.43. The van der Waals surface area contributed by atoms with Gasteiger partial charge in [-0.2, -0.15) is 0 Å². The number of amides is 2. The van der Waals surface area contributed by atoms with Crippen LogP contribution >= 0.6 is 11.6 Å². The molecule has 1 saturated carbocycles. The standard InChI is InChI=1S/C20H18ClF6N5O3/c1-18(11-7-28-10-29-8-11,17(34)31-12-4-5-19(23,24)6-12)32(16(33)15(21)22)13-2-3-14(30-9-13)35-20(25,26)27/h2-3,7-10,12,15H,4-6H2,1H3,(H,31,34)/t12-,15+,18+/m1/s1. The maximum atomic E-state index is 14.1. The lowest BCUT2D eigenvalue weighted by atomic mass is 9.89. The van der Waals surface area contributed by atoms with Crippen LogP contribution in [-0.4, -0.2) is 50.7 Å². The largest absolute Gasteiger partial charge is 0.574 e. The monoisotopic (exact) mass is 525 g/mol. The fourth-order valence-electron chi connectivity index (χ4n) is 3.70. The summed E-state index contributed by atoms with van der Waals surface area (Å²) < 4.78 is 82.6. The number of aromatic nitrogens is 3. The van der Waals surface area contributed by atoms with E-state index >= 15 is 0 Å². The van der Waals surface area contributed by atoms with Gasteiger partial charge in [0.05, 0.1) is 11.9 Å². The Balaban J connectivity index is 2.07. The molecule has 2 aromatic heterocycles. The van der Waals surface area contributed by atoms with Gasteiger partial charge in [0, 0.05) is 42.9 Å². The van der Waals surface area contributed by atoms with E-state index in [0.717, 1.165) is 44.0 Å². The van der Waals surface area contributed by atoms with Gasteiger partial charge in [0.1, 0.15) is 6.33 Å². The molecular weight excluding hydrogens is 508 g/mol. The smallest absolute Gasteiger partial charge is 0.388 e. The summed E-state index contributed by atoms with van der Waals surface area (Å²) in [5, 5.41) is 2.43. The van der Waals surface area contributed by atoms with Crippen LogP contribution in [0, 0.1) is 0 Å². The van der Waals surface area contributed by atoms with Crippen LogP contribution in [0.4, 0.5) is 32.0 Å². The number of halogens is 7.